The number of nitrogens with one attached hydrogen (secondary N) is 1. The summed E-state index contributed by atoms with van der Waals surface area (Å²) in [5.74, 6) is 0.390. The molecule has 0 saturated carbocycles. The Labute approximate surface area is 178 Å². The summed E-state index contributed by atoms with van der Waals surface area (Å²) < 4.78 is 60.4. The molecule has 0 radical (unpaired) electrons. The van der Waals surface area contributed by atoms with Gasteiger partial charge in [-0.25, -0.2) is 9.37 Å². The third-order valence-electron chi connectivity index (χ3n) is 4.76. The first-order valence-corrected chi connectivity index (χ1v) is 10.0. The third kappa shape index (κ3) is 4.22. The van der Waals surface area contributed by atoms with Crippen molar-refractivity contribution in [1.82, 2.24) is 14.5 Å². The van der Waals surface area contributed by atoms with Crippen molar-refractivity contribution >= 4 is 17.7 Å². The first kappa shape index (κ1) is 21.2. The Kier molecular flexibility index (Phi) is 5.61. The highest BCUT2D eigenvalue weighted by Crippen LogP contribution is 2.37. The molecule has 0 spiro atoms. The first-order valence-electron chi connectivity index (χ1n) is 9.18. The zero-order valence-corrected chi connectivity index (χ0v) is 17.0. The van der Waals surface area contributed by atoms with Crippen LogP contribution in [0.4, 0.5) is 23.5 Å². The molecule has 0 saturated heterocycles. The molecule has 11 heteroatoms. The second-order valence-electron chi connectivity index (χ2n) is 6.71. The van der Waals surface area contributed by atoms with Crippen molar-refractivity contribution in [1.29, 1.82) is 0 Å². The van der Waals surface area contributed by atoms with Crippen molar-refractivity contribution < 1.29 is 22.3 Å². The Morgan fingerprint density at radius 2 is 2.03 bits per heavy atom. The van der Waals surface area contributed by atoms with Crippen molar-refractivity contribution in [2.24, 2.45) is 7.05 Å². The molecule has 2 aromatic heterocycles. The predicted octanol–water partition coefficient (Wildman–Crippen LogP) is 4.03. The second-order valence-corrected chi connectivity index (χ2v) is 7.80. The minimum absolute atomic E-state index is 0.00623. The van der Waals surface area contributed by atoms with Gasteiger partial charge < -0.3 is 10.1 Å². The molecule has 0 atom stereocenters. The second kappa shape index (κ2) is 8.22. The van der Waals surface area contributed by atoms with E-state index in [1.165, 1.54) is 36.0 Å². The molecule has 0 unspecified atom stereocenters. The van der Waals surface area contributed by atoms with E-state index < -0.39 is 23.2 Å². The Bertz CT molecular complexity index is 1200. The summed E-state index contributed by atoms with van der Waals surface area (Å²) in [5.41, 5.74) is -0.421. The van der Waals surface area contributed by atoms with Crippen LogP contribution >= 0.6 is 11.8 Å². The van der Waals surface area contributed by atoms with E-state index >= 15 is 0 Å². The highest BCUT2D eigenvalue weighted by molar-refractivity contribution is 7.99. The number of rotatable bonds is 5. The smallest absolute Gasteiger partial charge is 0.434 e. The molecule has 3 aromatic rings. The minimum Gasteiger partial charge on any atom is -0.493 e. The summed E-state index contributed by atoms with van der Waals surface area (Å²) in [5, 5.41) is 2.92. The zero-order chi connectivity index (χ0) is 22.2. The molecular weight excluding hydrogens is 436 g/mol. The number of pyridine rings is 1. The standard InChI is InChI=1S/C20H16F4N4O2S/c1-28-18(29)16(31-15-3-2-7-25-17(15)20(22,23)24)10-27-19(28)26-9-12-11-6-8-30-14(11)5-4-13(12)21/h2-5,7,10H,6,8-9H2,1H3,(H,26,27). The van der Waals surface area contributed by atoms with Gasteiger partial charge in [0, 0.05) is 42.2 Å². The highest BCUT2D eigenvalue weighted by Gasteiger charge is 2.35. The Hall–Kier alpha value is -3.08. The molecule has 162 valence electrons. The zero-order valence-electron chi connectivity index (χ0n) is 16.2. The number of hydrogen-bond acceptors (Lipinski definition) is 6. The van der Waals surface area contributed by atoms with E-state index in [9.17, 15) is 22.4 Å². The predicted molar refractivity (Wildman–Crippen MR) is 106 cm³/mol. The van der Waals surface area contributed by atoms with Crippen LogP contribution in [0.2, 0.25) is 0 Å². The molecule has 6 nitrogen and oxygen atoms in total. The molecular formula is C20H16F4N4O2S. The van der Waals surface area contributed by atoms with E-state index in [1.54, 1.807) is 6.07 Å². The number of ether oxygens (including phenoxy) is 1. The lowest BCUT2D eigenvalue weighted by molar-refractivity contribution is -0.143. The number of benzene rings is 1. The number of aromatic nitrogens is 3. The summed E-state index contributed by atoms with van der Waals surface area (Å²) in [6.07, 6.45) is -1.83. The molecule has 1 N–H and O–H groups in total. The molecule has 0 aliphatic carbocycles. The average Bonchev–Trinajstić information content (AvgIpc) is 3.20. The van der Waals surface area contributed by atoms with E-state index in [1.807, 2.05) is 0 Å². The Morgan fingerprint density at radius 3 is 2.81 bits per heavy atom. The monoisotopic (exact) mass is 452 g/mol. The Morgan fingerprint density at radius 1 is 1.23 bits per heavy atom. The maximum absolute atomic E-state index is 14.3. The van der Waals surface area contributed by atoms with Crippen LogP contribution in [0.1, 0.15) is 16.8 Å². The topological polar surface area (TPSA) is 69.0 Å². The van der Waals surface area contributed by atoms with Crippen LogP contribution < -0.4 is 15.6 Å². The van der Waals surface area contributed by atoms with Gasteiger partial charge in [-0.3, -0.25) is 14.3 Å². The summed E-state index contributed by atoms with van der Waals surface area (Å²) in [6.45, 7) is 0.550. The van der Waals surface area contributed by atoms with Crippen LogP contribution in [0.3, 0.4) is 0 Å². The summed E-state index contributed by atoms with van der Waals surface area (Å²) in [7, 11) is 1.44. The molecule has 0 amide bonds. The molecule has 1 aliphatic heterocycles. The maximum atomic E-state index is 14.3. The van der Waals surface area contributed by atoms with Crippen molar-refractivity contribution in [3.05, 3.63) is 69.7 Å². The normalized spacial score (nSPS) is 13.1. The fourth-order valence-electron chi connectivity index (χ4n) is 3.24. The summed E-state index contributed by atoms with van der Waals surface area (Å²) in [4.78, 5) is 20.0. The lowest BCUT2D eigenvalue weighted by Crippen LogP contribution is -2.23. The van der Waals surface area contributed by atoms with Gasteiger partial charge in [0.25, 0.3) is 5.56 Å². The first-order chi connectivity index (χ1) is 14.8. The molecule has 31 heavy (non-hydrogen) atoms. The number of nitrogens with zero attached hydrogens (tertiary/aromatic N) is 3. The van der Waals surface area contributed by atoms with Gasteiger partial charge in [-0.2, -0.15) is 13.2 Å². The van der Waals surface area contributed by atoms with Gasteiger partial charge in [0.2, 0.25) is 5.95 Å². The van der Waals surface area contributed by atoms with Gasteiger partial charge in [-0.15, -0.1) is 0 Å². The quantitative estimate of drug-likeness (QED) is 0.590. The van der Waals surface area contributed by atoms with Crippen LogP contribution in [-0.4, -0.2) is 21.1 Å². The number of hydrogen-bond donors (Lipinski definition) is 1. The van der Waals surface area contributed by atoms with Crippen LogP contribution in [0.25, 0.3) is 0 Å². The fraction of sp³-hybridized carbons (Fsp3) is 0.250. The summed E-state index contributed by atoms with van der Waals surface area (Å²) >= 11 is 0.641. The molecule has 0 fully saturated rings. The van der Waals surface area contributed by atoms with Crippen molar-refractivity contribution in [2.75, 3.05) is 11.9 Å². The van der Waals surface area contributed by atoms with Crippen molar-refractivity contribution in [2.45, 2.75) is 28.9 Å². The lowest BCUT2D eigenvalue weighted by Gasteiger charge is -2.14. The number of alkyl halides is 3. The van der Waals surface area contributed by atoms with Gasteiger partial charge in [0.1, 0.15) is 11.6 Å². The molecule has 3 heterocycles. The van der Waals surface area contributed by atoms with Crippen LogP contribution in [0.15, 0.2) is 51.2 Å². The van der Waals surface area contributed by atoms with Gasteiger partial charge in [0.05, 0.1) is 17.7 Å². The van der Waals surface area contributed by atoms with E-state index in [0.717, 1.165) is 11.8 Å². The Balaban J connectivity index is 1.57. The van der Waals surface area contributed by atoms with Crippen LogP contribution in [-0.2, 0) is 26.2 Å². The van der Waals surface area contributed by atoms with Crippen molar-refractivity contribution in [3.8, 4) is 5.75 Å². The molecule has 4 rings (SSSR count). The van der Waals surface area contributed by atoms with Gasteiger partial charge in [-0.1, -0.05) is 11.8 Å². The number of halogens is 4. The number of fused-ring (bicyclic) bond motifs is 1. The van der Waals surface area contributed by atoms with E-state index in [-0.39, 0.29) is 22.3 Å². The van der Waals surface area contributed by atoms with E-state index in [2.05, 4.69) is 15.3 Å². The minimum atomic E-state index is -4.65. The largest absolute Gasteiger partial charge is 0.493 e. The van der Waals surface area contributed by atoms with Crippen molar-refractivity contribution in [3.63, 3.8) is 0 Å². The SMILES string of the molecule is Cn1c(NCc2c(F)ccc3c2CCO3)ncc(Sc2cccnc2C(F)(F)F)c1=O. The summed E-state index contributed by atoms with van der Waals surface area (Å²) in [6, 6.07) is 5.50. The maximum Gasteiger partial charge on any atom is 0.434 e. The molecule has 0 bridgehead atoms. The fourth-order valence-corrected chi connectivity index (χ4v) is 4.21. The number of anilines is 1. The lowest BCUT2D eigenvalue weighted by atomic mass is 10.0. The van der Waals surface area contributed by atoms with Gasteiger partial charge >= 0.3 is 6.18 Å². The molecule has 1 aliphatic rings. The van der Waals surface area contributed by atoms with Gasteiger partial charge in [0.15, 0.2) is 5.69 Å². The van der Waals surface area contributed by atoms with E-state index in [4.69, 9.17) is 4.74 Å². The van der Waals surface area contributed by atoms with Gasteiger partial charge in [-0.05, 0) is 24.3 Å². The average molecular weight is 452 g/mol. The third-order valence-corrected chi connectivity index (χ3v) is 5.81. The molecule has 1 aromatic carbocycles. The highest BCUT2D eigenvalue weighted by atomic mass is 32.2. The van der Waals surface area contributed by atoms with Crippen LogP contribution in [0, 0.1) is 5.82 Å². The van der Waals surface area contributed by atoms with E-state index in [0.29, 0.717) is 36.1 Å². The van der Waals surface area contributed by atoms with Crippen LogP contribution in [0.5, 0.6) is 5.75 Å².